The molecule has 0 aliphatic rings. The van der Waals surface area contributed by atoms with Gasteiger partial charge in [-0.3, -0.25) is 4.79 Å². The van der Waals surface area contributed by atoms with Gasteiger partial charge in [-0.1, -0.05) is 11.3 Å². The number of hydrogen-bond donors (Lipinski definition) is 2. The molecule has 1 rings (SSSR count). The monoisotopic (exact) mass is 269 g/mol. The summed E-state index contributed by atoms with van der Waals surface area (Å²) in [4.78, 5) is 10.6. The van der Waals surface area contributed by atoms with Crippen LogP contribution in [0.1, 0.15) is 18.9 Å². The smallest absolute Gasteiger partial charge is 0.445 e. The first-order valence-electron chi connectivity index (χ1n) is 4.62. The lowest BCUT2D eigenvalue weighted by molar-refractivity contribution is -0.141. The summed E-state index contributed by atoms with van der Waals surface area (Å²) < 4.78 is 36.6. The van der Waals surface area contributed by atoms with E-state index in [1.165, 1.54) is 6.92 Å². The highest BCUT2D eigenvalue weighted by Gasteiger charge is 2.36. The minimum atomic E-state index is -4.53. The van der Waals surface area contributed by atoms with Crippen molar-refractivity contribution < 1.29 is 23.1 Å². The van der Waals surface area contributed by atoms with E-state index in [-0.39, 0.29) is 5.13 Å². The molecule has 0 aromatic carbocycles. The first kappa shape index (κ1) is 13.7. The zero-order valence-corrected chi connectivity index (χ0v) is 9.76. The zero-order chi connectivity index (χ0) is 13.2. The molecule has 0 aliphatic heterocycles. The van der Waals surface area contributed by atoms with E-state index in [4.69, 9.17) is 5.11 Å². The summed E-state index contributed by atoms with van der Waals surface area (Å²) in [7, 11) is 0. The summed E-state index contributed by atoms with van der Waals surface area (Å²) in [6, 6.07) is -0.540. The van der Waals surface area contributed by atoms with Crippen molar-refractivity contribution in [3.05, 3.63) is 5.01 Å². The van der Waals surface area contributed by atoms with Crippen molar-refractivity contribution in [1.82, 2.24) is 10.2 Å². The Morgan fingerprint density at radius 3 is 2.41 bits per heavy atom. The van der Waals surface area contributed by atoms with Gasteiger partial charge in [-0.05, 0) is 13.8 Å². The average Bonchev–Trinajstić information content (AvgIpc) is 2.64. The van der Waals surface area contributed by atoms with Gasteiger partial charge in [0.15, 0.2) is 0 Å². The van der Waals surface area contributed by atoms with E-state index in [9.17, 15) is 18.0 Å². The van der Waals surface area contributed by atoms with Crippen molar-refractivity contribution in [2.75, 3.05) is 5.32 Å². The molecule has 0 saturated carbocycles. The number of nitrogens with zero attached hydrogens (tertiary/aromatic N) is 2. The zero-order valence-electron chi connectivity index (χ0n) is 8.95. The number of carbonyl (C=O) groups is 1. The summed E-state index contributed by atoms with van der Waals surface area (Å²) in [5.41, 5.74) is 0. The average molecular weight is 269 g/mol. The summed E-state index contributed by atoms with van der Waals surface area (Å²) in [5.74, 6) is -1.78. The fourth-order valence-corrected chi connectivity index (χ4v) is 1.64. The number of nitrogens with one attached hydrogen (secondary N) is 1. The van der Waals surface area contributed by atoms with Gasteiger partial charge < -0.3 is 10.4 Å². The van der Waals surface area contributed by atoms with Gasteiger partial charge in [0.2, 0.25) is 10.1 Å². The molecule has 0 spiro atoms. The first-order chi connectivity index (χ1) is 7.71. The van der Waals surface area contributed by atoms with Crippen molar-refractivity contribution in [3.63, 3.8) is 0 Å². The molecule has 9 heteroatoms. The molecule has 0 aliphatic carbocycles. The van der Waals surface area contributed by atoms with Crippen molar-refractivity contribution in [2.24, 2.45) is 5.92 Å². The molecule has 1 aromatic heterocycles. The van der Waals surface area contributed by atoms with Crippen LogP contribution in [0, 0.1) is 5.92 Å². The molecule has 0 amide bonds. The van der Waals surface area contributed by atoms with Crippen LogP contribution >= 0.6 is 11.3 Å². The lowest BCUT2D eigenvalue weighted by atomic mass is 10.1. The Bertz CT molecular complexity index is 407. The van der Waals surface area contributed by atoms with E-state index in [2.05, 4.69) is 15.5 Å². The second-order valence-electron chi connectivity index (χ2n) is 3.47. The predicted molar refractivity (Wildman–Crippen MR) is 54.8 cm³/mol. The third kappa shape index (κ3) is 3.55. The standard InChI is InChI=1S/C8H10F3N3O2S/c1-3(5(15)16)4(2)12-7-14-13-6(17-7)8(9,10)11/h3-4H,1-2H3,(H,12,14)(H,15,16). The van der Waals surface area contributed by atoms with Gasteiger partial charge in [-0.15, -0.1) is 10.2 Å². The van der Waals surface area contributed by atoms with Crippen LogP contribution in [0.15, 0.2) is 0 Å². The molecule has 2 atom stereocenters. The van der Waals surface area contributed by atoms with E-state index in [1.54, 1.807) is 6.92 Å². The minimum Gasteiger partial charge on any atom is -0.481 e. The molecular weight excluding hydrogens is 259 g/mol. The summed E-state index contributed by atoms with van der Waals surface area (Å²) in [5, 5.41) is 16.5. The van der Waals surface area contributed by atoms with Crippen LogP contribution in [-0.4, -0.2) is 27.3 Å². The second kappa shape index (κ2) is 4.86. The number of aliphatic carboxylic acids is 1. The number of carboxylic acids is 1. The normalized spacial score (nSPS) is 15.4. The van der Waals surface area contributed by atoms with E-state index < -0.39 is 29.1 Å². The van der Waals surface area contributed by atoms with E-state index in [1.807, 2.05) is 0 Å². The molecule has 2 N–H and O–H groups in total. The van der Waals surface area contributed by atoms with E-state index in [0.29, 0.717) is 11.3 Å². The number of alkyl halides is 3. The van der Waals surface area contributed by atoms with Crippen LogP contribution in [0.4, 0.5) is 18.3 Å². The highest BCUT2D eigenvalue weighted by atomic mass is 32.1. The molecule has 1 aromatic rings. The highest BCUT2D eigenvalue weighted by Crippen LogP contribution is 2.33. The highest BCUT2D eigenvalue weighted by molar-refractivity contribution is 7.15. The number of rotatable bonds is 4. The van der Waals surface area contributed by atoms with Crippen molar-refractivity contribution in [1.29, 1.82) is 0 Å². The maximum atomic E-state index is 12.2. The molecule has 0 fully saturated rings. The van der Waals surface area contributed by atoms with Crippen LogP contribution in [-0.2, 0) is 11.0 Å². The Kier molecular flexibility index (Phi) is 3.91. The topological polar surface area (TPSA) is 75.1 Å². The van der Waals surface area contributed by atoms with Crippen molar-refractivity contribution >= 4 is 22.4 Å². The Morgan fingerprint density at radius 2 is 2.00 bits per heavy atom. The van der Waals surface area contributed by atoms with Crippen LogP contribution in [0.3, 0.4) is 0 Å². The molecule has 0 bridgehead atoms. The lowest BCUT2D eigenvalue weighted by Crippen LogP contribution is -2.29. The first-order valence-corrected chi connectivity index (χ1v) is 5.43. The van der Waals surface area contributed by atoms with Gasteiger partial charge in [0.05, 0.1) is 5.92 Å². The quantitative estimate of drug-likeness (QED) is 0.875. The number of carboxylic acid groups (broad SMARTS) is 1. The van der Waals surface area contributed by atoms with E-state index >= 15 is 0 Å². The summed E-state index contributed by atoms with van der Waals surface area (Å²) in [6.07, 6.45) is -4.53. The lowest BCUT2D eigenvalue weighted by Gasteiger charge is -2.16. The number of anilines is 1. The maximum Gasteiger partial charge on any atom is 0.445 e. The minimum absolute atomic E-state index is 0.0436. The van der Waals surface area contributed by atoms with Crippen LogP contribution in [0.2, 0.25) is 0 Å². The number of hydrogen-bond acceptors (Lipinski definition) is 5. The molecule has 0 radical (unpaired) electrons. The van der Waals surface area contributed by atoms with Gasteiger partial charge in [0.1, 0.15) is 0 Å². The third-order valence-electron chi connectivity index (χ3n) is 2.16. The largest absolute Gasteiger partial charge is 0.481 e. The number of aromatic nitrogens is 2. The van der Waals surface area contributed by atoms with Crippen LogP contribution in [0.25, 0.3) is 0 Å². The van der Waals surface area contributed by atoms with Gasteiger partial charge in [0, 0.05) is 6.04 Å². The van der Waals surface area contributed by atoms with Gasteiger partial charge in [-0.25, -0.2) is 0 Å². The summed E-state index contributed by atoms with van der Waals surface area (Å²) >= 11 is 0.346. The molecule has 96 valence electrons. The molecule has 0 saturated heterocycles. The Morgan fingerprint density at radius 1 is 1.41 bits per heavy atom. The van der Waals surface area contributed by atoms with Crippen LogP contribution in [0.5, 0.6) is 0 Å². The second-order valence-corrected chi connectivity index (χ2v) is 4.45. The van der Waals surface area contributed by atoms with Gasteiger partial charge in [-0.2, -0.15) is 13.2 Å². The Hall–Kier alpha value is -1.38. The molecule has 17 heavy (non-hydrogen) atoms. The summed E-state index contributed by atoms with van der Waals surface area (Å²) in [6.45, 7) is 3.00. The van der Waals surface area contributed by atoms with Crippen molar-refractivity contribution in [3.8, 4) is 0 Å². The SMILES string of the molecule is CC(Nc1nnc(C(F)(F)F)s1)C(C)C(=O)O. The maximum absolute atomic E-state index is 12.2. The third-order valence-corrected chi connectivity index (χ3v) is 3.06. The van der Waals surface area contributed by atoms with Crippen LogP contribution < -0.4 is 5.32 Å². The molecular formula is C8H10F3N3O2S. The molecule has 5 nitrogen and oxygen atoms in total. The van der Waals surface area contributed by atoms with Gasteiger partial charge in [0.25, 0.3) is 0 Å². The predicted octanol–water partition coefficient (Wildman–Crippen LogP) is 2.08. The van der Waals surface area contributed by atoms with E-state index in [0.717, 1.165) is 0 Å². The van der Waals surface area contributed by atoms with Gasteiger partial charge >= 0.3 is 12.1 Å². The molecule has 2 unspecified atom stereocenters. The molecule has 1 heterocycles. The Balaban J connectivity index is 2.70. The fourth-order valence-electron chi connectivity index (χ4n) is 0.930. The number of halogens is 3. The van der Waals surface area contributed by atoms with Crippen molar-refractivity contribution in [2.45, 2.75) is 26.1 Å². The Labute approximate surface area is 98.7 Å². The fraction of sp³-hybridized carbons (Fsp3) is 0.625.